The van der Waals surface area contributed by atoms with Crippen LogP contribution in [-0.4, -0.2) is 25.8 Å². The second-order valence-corrected chi connectivity index (χ2v) is 5.76. The van der Waals surface area contributed by atoms with Crippen LogP contribution in [0.25, 0.3) is 0 Å². The van der Waals surface area contributed by atoms with Crippen LogP contribution in [0.3, 0.4) is 0 Å². The Morgan fingerprint density at radius 2 is 2.19 bits per heavy atom. The Labute approximate surface area is 94.9 Å². The van der Waals surface area contributed by atoms with Gasteiger partial charge in [-0.05, 0) is 19.8 Å². The van der Waals surface area contributed by atoms with Crippen molar-refractivity contribution in [1.29, 1.82) is 0 Å². The number of rotatable bonds is 4. The van der Waals surface area contributed by atoms with Crippen LogP contribution in [-0.2, 0) is 10.0 Å². The van der Waals surface area contributed by atoms with Gasteiger partial charge in [-0.2, -0.15) is 0 Å². The standard InChI is InChI=1S/C10H14N2O3S/c1-7-5-10(15-8-3-4-8)9(6-11-7)12-16(2,13)14/h5-6,8,12H,3-4H2,1-2H3. The van der Waals surface area contributed by atoms with E-state index in [1.807, 2.05) is 6.92 Å². The first-order chi connectivity index (χ1) is 7.44. The maximum atomic E-state index is 11.1. The summed E-state index contributed by atoms with van der Waals surface area (Å²) in [5.74, 6) is 0.556. The Balaban J connectivity index is 2.27. The molecule has 1 N–H and O–H groups in total. The Bertz CT molecular complexity index is 495. The summed E-state index contributed by atoms with van der Waals surface area (Å²) in [6.45, 7) is 1.84. The first kappa shape index (κ1) is 11.2. The fraction of sp³-hybridized carbons (Fsp3) is 0.500. The monoisotopic (exact) mass is 242 g/mol. The third kappa shape index (κ3) is 3.10. The molecule has 0 aromatic carbocycles. The molecule has 0 unspecified atom stereocenters. The lowest BCUT2D eigenvalue weighted by molar-refractivity contribution is 0.304. The van der Waals surface area contributed by atoms with E-state index in [9.17, 15) is 8.42 Å². The molecule has 0 aliphatic heterocycles. The van der Waals surface area contributed by atoms with Gasteiger partial charge in [-0.15, -0.1) is 0 Å². The number of sulfonamides is 1. The van der Waals surface area contributed by atoms with E-state index in [0.29, 0.717) is 11.4 Å². The van der Waals surface area contributed by atoms with E-state index in [2.05, 4.69) is 9.71 Å². The highest BCUT2D eigenvalue weighted by Crippen LogP contribution is 2.32. The van der Waals surface area contributed by atoms with Gasteiger partial charge in [0.05, 0.1) is 18.6 Å². The van der Waals surface area contributed by atoms with Crippen LogP contribution >= 0.6 is 0 Å². The normalized spacial score (nSPS) is 15.9. The minimum Gasteiger partial charge on any atom is -0.488 e. The van der Waals surface area contributed by atoms with Crippen molar-refractivity contribution in [3.8, 4) is 5.75 Å². The van der Waals surface area contributed by atoms with E-state index in [0.717, 1.165) is 24.8 Å². The molecule has 0 bridgehead atoms. The highest BCUT2D eigenvalue weighted by atomic mass is 32.2. The van der Waals surface area contributed by atoms with E-state index in [1.54, 1.807) is 6.07 Å². The van der Waals surface area contributed by atoms with Crippen LogP contribution in [0.5, 0.6) is 5.75 Å². The van der Waals surface area contributed by atoms with Gasteiger partial charge < -0.3 is 4.74 Å². The Morgan fingerprint density at radius 1 is 1.50 bits per heavy atom. The molecule has 1 aromatic heterocycles. The van der Waals surface area contributed by atoms with Crippen molar-refractivity contribution in [2.45, 2.75) is 25.9 Å². The van der Waals surface area contributed by atoms with E-state index >= 15 is 0 Å². The minimum atomic E-state index is -3.30. The van der Waals surface area contributed by atoms with E-state index < -0.39 is 10.0 Å². The fourth-order valence-corrected chi connectivity index (χ4v) is 1.83. The van der Waals surface area contributed by atoms with Crippen LogP contribution in [0.4, 0.5) is 5.69 Å². The number of anilines is 1. The molecule has 0 saturated heterocycles. The van der Waals surface area contributed by atoms with E-state index in [1.165, 1.54) is 6.20 Å². The molecule has 1 saturated carbocycles. The van der Waals surface area contributed by atoms with Crippen LogP contribution in [0.2, 0.25) is 0 Å². The van der Waals surface area contributed by atoms with Crippen molar-refractivity contribution in [1.82, 2.24) is 4.98 Å². The first-order valence-corrected chi connectivity index (χ1v) is 6.94. The summed E-state index contributed by atoms with van der Waals surface area (Å²) in [7, 11) is -3.30. The highest BCUT2D eigenvalue weighted by molar-refractivity contribution is 7.92. The number of aryl methyl sites for hydroxylation is 1. The molecule has 2 rings (SSSR count). The molecule has 16 heavy (non-hydrogen) atoms. The first-order valence-electron chi connectivity index (χ1n) is 5.05. The number of hydrogen-bond donors (Lipinski definition) is 1. The molecule has 5 nitrogen and oxygen atoms in total. The van der Waals surface area contributed by atoms with Crippen molar-refractivity contribution in [2.75, 3.05) is 11.0 Å². The average molecular weight is 242 g/mol. The predicted octanol–water partition coefficient (Wildman–Crippen LogP) is 1.30. The summed E-state index contributed by atoms with van der Waals surface area (Å²) >= 11 is 0. The largest absolute Gasteiger partial charge is 0.488 e. The second kappa shape index (κ2) is 3.93. The molecule has 0 spiro atoms. The molecule has 88 valence electrons. The van der Waals surface area contributed by atoms with Crippen molar-refractivity contribution in [3.63, 3.8) is 0 Å². The Kier molecular flexibility index (Phi) is 2.75. The van der Waals surface area contributed by atoms with Crippen molar-refractivity contribution in [2.24, 2.45) is 0 Å². The molecule has 0 atom stereocenters. The zero-order valence-corrected chi connectivity index (χ0v) is 10.0. The SMILES string of the molecule is Cc1cc(OC2CC2)c(NS(C)(=O)=O)cn1. The van der Waals surface area contributed by atoms with Crippen LogP contribution < -0.4 is 9.46 Å². The number of aromatic nitrogens is 1. The third-order valence-electron chi connectivity index (χ3n) is 2.12. The quantitative estimate of drug-likeness (QED) is 0.864. The molecule has 1 aliphatic rings. The van der Waals surface area contributed by atoms with Gasteiger partial charge >= 0.3 is 0 Å². The lowest BCUT2D eigenvalue weighted by Crippen LogP contribution is -2.12. The Morgan fingerprint density at radius 3 is 2.75 bits per heavy atom. The zero-order chi connectivity index (χ0) is 11.8. The molecule has 1 aliphatic carbocycles. The van der Waals surface area contributed by atoms with Gasteiger partial charge in [-0.1, -0.05) is 0 Å². The Hall–Kier alpha value is -1.30. The lowest BCUT2D eigenvalue weighted by atomic mass is 10.3. The van der Waals surface area contributed by atoms with Gasteiger partial charge in [0, 0.05) is 11.8 Å². The molecule has 6 heteroatoms. The van der Waals surface area contributed by atoms with Gasteiger partial charge in [0.15, 0.2) is 0 Å². The summed E-state index contributed by atoms with van der Waals surface area (Å²) in [5.41, 5.74) is 1.20. The summed E-state index contributed by atoms with van der Waals surface area (Å²) in [5, 5.41) is 0. The average Bonchev–Trinajstić information content (AvgIpc) is 2.91. The fourth-order valence-electron chi connectivity index (χ4n) is 1.27. The molecular weight excluding hydrogens is 228 g/mol. The lowest BCUT2D eigenvalue weighted by Gasteiger charge is -2.11. The van der Waals surface area contributed by atoms with Gasteiger partial charge in [0.1, 0.15) is 11.4 Å². The summed E-state index contributed by atoms with van der Waals surface area (Å²) in [4.78, 5) is 4.04. The number of ether oxygens (including phenoxy) is 1. The topological polar surface area (TPSA) is 68.3 Å². The summed E-state index contributed by atoms with van der Waals surface area (Å²) in [6, 6.07) is 1.74. The van der Waals surface area contributed by atoms with Gasteiger partial charge in [0.25, 0.3) is 0 Å². The van der Waals surface area contributed by atoms with Gasteiger partial charge in [-0.25, -0.2) is 8.42 Å². The van der Waals surface area contributed by atoms with Crippen LogP contribution in [0, 0.1) is 6.92 Å². The number of hydrogen-bond acceptors (Lipinski definition) is 4. The molecule has 1 aromatic rings. The maximum Gasteiger partial charge on any atom is 0.229 e. The smallest absolute Gasteiger partial charge is 0.229 e. The van der Waals surface area contributed by atoms with Crippen LogP contribution in [0.15, 0.2) is 12.3 Å². The van der Waals surface area contributed by atoms with E-state index in [-0.39, 0.29) is 6.10 Å². The predicted molar refractivity (Wildman–Crippen MR) is 61.1 cm³/mol. The van der Waals surface area contributed by atoms with Crippen LogP contribution in [0.1, 0.15) is 18.5 Å². The number of nitrogens with one attached hydrogen (secondary N) is 1. The highest BCUT2D eigenvalue weighted by Gasteiger charge is 2.25. The minimum absolute atomic E-state index is 0.224. The van der Waals surface area contributed by atoms with Crippen molar-refractivity contribution < 1.29 is 13.2 Å². The van der Waals surface area contributed by atoms with Crippen molar-refractivity contribution >= 4 is 15.7 Å². The molecule has 1 fully saturated rings. The molecule has 0 amide bonds. The van der Waals surface area contributed by atoms with Gasteiger partial charge in [-0.3, -0.25) is 9.71 Å². The third-order valence-corrected chi connectivity index (χ3v) is 2.71. The van der Waals surface area contributed by atoms with E-state index in [4.69, 9.17) is 4.74 Å². The molecular formula is C10H14N2O3S. The zero-order valence-electron chi connectivity index (χ0n) is 9.23. The molecule has 1 heterocycles. The number of nitrogens with zero attached hydrogens (tertiary/aromatic N) is 1. The van der Waals surface area contributed by atoms with Crippen molar-refractivity contribution in [3.05, 3.63) is 18.0 Å². The maximum absolute atomic E-state index is 11.1. The number of pyridine rings is 1. The molecule has 0 radical (unpaired) electrons. The second-order valence-electron chi connectivity index (χ2n) is 4.01. The summed E-state index contributed by atoms with van der Waals surface area (Å²) in [6.07, 6.45) is 4.86. The summed E-state index contributed by atoms with van der Waals surface area (Å²) < 4.78 is 30.3. The van der Waals surface area contributed by atoms with Gasteiger partial charge in [0.2, 0.25) is 10.0 Å².